The summed E-state index contributed by atoms with van der Waals surface area (Å²) in [5.41, 5.74) is 5.12. The Hall–Kier alpha value is -1.19. The van der Waals surface area contributed by atoms with E-state index in [9.17, 15) is 8.78 Å². The number of nitrogens with two attached hydrogens (primary N) is 1. The van der Waals surface area contributed by atoms with E-state index in [2.05, 4.69) is 4.98 Å². The molecule has 2 nitrogen and oxygen atoms in total. The summed E-state index contributed by atoms with van der Waals surface area (Å²) in [5, 5.41) is 0. The first-order valence-corrected chi connectivity index (χ1v) is 3.69. The average molecular weight is 174 g/mol. The molecule has 1 heterocycles. The Kier molecular flexibility index (Phi) is 4.18. The van der Waals surface area contributed by atoms with Gasteiger partial charge in [-0.25, -0.2) is 9.37 Å². The predicted molar refractivity (Wildman–Crippen MR) is 44.7 cm³/mol. The highest BCUT2D eigenvalue weighted by Gasteiger charge is 2.08. The van der Waals surface area contributed by atoms with Gasteiger partial charge in [0, 0.05) is 11.8 Å². The monoisotopic (exact) mass is 174 g/mol. The quantitative estimate of drug-likeness (QED) is 0.655. The minimum Gasteiger partial charge on any atom is -0.381 e. The lowest BCUT2D eigenvalue weighted by molar-refractivity contribution is 0.502. The fraction of sp³-hybridized carbons (Fsp3) is 0.375. The molecule has 0 aliphatic heterocycles. The number of aromatic nitrogens is 1. The first-order valence-electron chi connectivity index (χ1n) is 3.69. The molecule has 0 aromatic carbocycles. The van der Waals surface area contributed by atoms with Crippen LogP contribution in [0.3, 0.4) is 0 Å². The van der Waals surface area contributed by atoms with E-state index >= 15 is 0 Å². The van der Waals surface area contributed by atoms with E-state index in [1.54, 1.807) is 0 Å². The second-order valence-electron chi connectivity index (χ2n) is 1.95. The van der Waals surface area contributed by atoms with Crippen molar-refractivity contribution in [2.75, 3.05) is 5.73 Å². The van der Waals surface area contributed by atoms with Crippen LogP contribution in [0.25, 0.3) is 0 Å². The van der Waals surface area contributed by atoms with Gasteiger partial charge in [-0.2, -0.15) is 4.39 Å². The van der Waals surface area contributed by atoms with Crippen molar-refractivity contribution in [3.63, 3.8) is 0 Å². The second kappa shape index (κ2) is 4.64. The molecule has 0 fully saturated rings. The van der Waals surface area contributed by atoms with Crippen molar-refractivity contribution in [2.45, 2.75) is 20.8 Å². The molecule has 0 radical (unpaired) electrons. The molecule has 0 amide bonds. The molecule has 68 valence electrons. The molecule has 0 saturated heterocycles. The van der Waals surface area contributed by atoms with Gasteiger partial charge in [-0.3, -0.25) is 0 Å². The number of pyridine rings is 1. The molecule has 0 bridgehead atoms. The summed E-state index contributed by atoms with van der Waals surface area (Å²) in [5.74, 6) is -2.39. The molecule has 4 heteroatoms. The van der Waals surface area contributed by atoms with Crippen molar-refractivity contribution in [3.8, 4) is 0 Å². The molecule has 0 atom stereocenters. The van der Waals surface area contributed by atoms with Crippen molar-refractivity contribution in [1.29, 1.82) is 0 Å². The Morgan fingerprint density at radius 1 is 1.25 bits per heavy atom. The number of hydrogen-bond acceptors (Lipinski definition) is 2. The maximum absolute atomic E-state index is 12.5. The maximum atomic E-state index is 12.5. The molecule has 0 aliphatic carbocycles. The zero-order valence-electron chi connectivity index (χ0n) is 7.36. The molecular formula is C8H12F2N2. The first-order chi connectivity index (χ1) is 5.63. The van der Waals surface area contributed by atoms with Gasteiger partial charge in [0.05, 0.1) is 0 Å². The fourth-order valence-electron chi connectivity index (χ4n) is 0.565. The number of halogens is 2. The van der Waals surface area contributed by atoms with Crippen molar-refractivity contribution >= 4 is 5.82 Å². The van der Waals surface area contributed by atoms with Gasteiger partial charge in [0.2, 0.25) is 5.82 Å². The second-order valence-corrected chi connectivity index (χ2v) is 1.95. The fourth-order valence-corrected chi connectivity index (χ4v) is 0.565. The van der Waals surface area contributed by atoms with Crippen molar-refractivity contribution < 1.29 is 8.78 Å². The molecule has 12 heavy (non-hydrogen) atoms. The number of nitrogen functional groups attached to an aromatic ring is 1. The van der Waals surface area contributed by atoms with Crippen molar-refractivity contribution in [1.82, 2.24) is 4.98 Å². The van der Waals surface area contributed by atoms with Crippen molar-refractivity contribution in [3.05, 3.63) is 23.4 Å². The van der Waals surface area contributed by atoms with Crippen LogP contribution in [0.15, 0.2) is 6.20 Å². The zero-order valence-corrected chi connectivity index (χ0v) is 7.36. The number of nitrogens with zero attached hydrogens (tertiary/aromatic N) is 1. The van der Waals surface area contributed by atoms with E-state index < -0.39 is 17.5 Å². The predicted octanol–water partition coefficient (Wildman–Crippen LogP) is 2.28. The van der Waals surface area contributed by atoms with Gasteiger partial charge in [-0.1, -0.05) is 13.8 Å². The molecule has 0 saturated carbocycles. The number of hydrogen-bond donors (Lipinski definition) is 1. The van der Waals surface area contributed by atoms with E-state index in [-0.39, 0.29) is 5.56 Å². The van der Waals surface area contributed by atoms with E-state index in [4.69, 9.17) is 5.73 Å². The number of anilines is 1. The summed E-state index contributed by atoms with van der Waals surface area (Å²) in [6.07, 6.45) is 1.19. The van der Waals surface area contributed by atoms with Crippen LogP contribution in [0, 0.1) is 18.6 Å². The summed E-state index contributed by atoms with van der Waals surface area (Å²) in [6.45, 7) is 5.42. The SMILES string of the molecule is CC.Cc1cnc(N)c(F)c1F. The molecule has 1 aromatic heterocycles. The first kappa shape index (κ1) is 10.8. The van der Waals surface area contributed by atoms with E-state index in [1.165, 1.54) is 13.1 Å². The lowest BCUT2D eigenvalue weighted by Crippen LogP contribution is -1.99. The Balaban J connectivity index is 0.000000561. The van der Waals surface area contributed by atoms with E-state index in [0.717, 1.165) is 0 Å². The van der Waals surface area contributed by atoms with Crippen molar-refractivity contribution in [2.24, 2.45) is 0 Å². The van der Waals surface area contributed by atoms with Crippen LogP contribution in [0.5, 0.6) is 0 Å². The lowest BCUT2D eigenvalue weighted by Gasteiger charge is -1.97. The average Bonchev–Trinajstić information content (AvgIpc) is 2.12. The van der Waals surface area contributed by atoms with Gasteiger partial charge in [0.1, 0.15) is 0 Å². The van der Waals surface area contributed by atoms with Gasteiger partial charge in [-0.15, -0.1) is 0 Å². The highest BCUT2D eigenvalue weighted by Crippen LogP contribution is 2.13. The Morgan fingerprint density at radius 3 is 2.17 bits per heavy atom. The molecule has 0 spiro atoms. The number of aryl methyl sites for hydroxylation is 1. The van der Waals surface area contributed by atoms with Crippen LogP contribution < -0.4 is 5.73 Å². The molecule has 2 N–H and O–H groups in total. The van der Waals surface area contributed by atoms with E-state index in [1.807, 2.05) is 13.8 Å². The Labute approximate surface area is 70.4 Å². The Bertz CT molecular complexity index is 234. The molecule has 0 aliphatic rings. The zero-order chi connectivity index (χ0) is 9.72. The highest BCUT2D eigenvalue weighted by atomic mass is 19.2. The van der Waals surface area contributed by atoms with Crippen LogP contribution in [0.4, 0.5) is 14.6 Å². The third kappa shape index (κ3) is 2.15. The van der Waals surface area contributed by atoms with Gasteiger partial charge in [-0.05, 0) is 6.92 Å². The van der Waals surface area contributed by atoms with Crippen LogP contribution in [0.1, 0.15) is 19.4 Å². The van der Waals surface area contributed by atoms with Crippen LogP contribution >= 0.6 is 0 Å². The maximum Gasteiger partial charge on any atom is 0.201 e. The smallest absolute Gasteiger partial charge is 0.201 e. The standard InChI is InChI=1S/C6H6F2N2.C2H6/c1-3-2-10-6(9)5(8)4(3)7;1-2/h2H,1H3,(H2,9,10);1-2H3. The molecule has 1 rings (SSSR count). The van der Waals surface area contributed by atoms with Gasteiger partial charge in [0.25, 0.3) is 0 Å². The highest BCUT2D eigenvalue weighted by molar-refractivity contribution is 5.32. The van der Waals surface area contributed by atoms with Gasteiger partial charge < -0.3 is 5.73 Å². The van der Waals surface area contributed by atoms with Gasteiger partial charge in [0.15, 0.2) is 11.6 Å². The largest absolute Gasteiger partial charge is 0.381 e. The molecule has 0 unspecified atom stereocenters. The summed E-state index contributed by atoms with van der Waals surface area (Å²) in [7, 11) is 0. The van der Waals surface area contributed by atoms with Crippen LogP contribution in [-0.2, 0) is 0 Å². The summed E-state index contributed by atoms with van der Waals surface area (Å²) >= 11 is 0. The minimum atomic E-state index is -1.07. The minimum absolute atomic E-state index is 0.159. The summed E-state index contributed by atoms with van der Waals surface area (Å²) in [4.78, 5) is 3.40. The van der Waals surface area contributed by atoms with E-state index in [0.29, 0.717) is 0 Å². The topological polar surface area (TPSA) is 38.9 Å². The number of rotatable bonds is 0. The normalized spacial score (nSPS) is 8.75. The lowest BCUT2D eigenvalue weighted by atomic mass is 10.3. The Morgan fingerprint density at radius 2 is 1.75 bits per heavy atom. The van der Waals surface area contributed by atoms with Crippen LogP contribution in [-0.4, -0.2) is 4.98 Å². The third-order valence-electron chi connectivity index (χ3n) is 1.16. The third-order valence-corrected chi connectivity index (χ3v) is 1.16. The molecule has 1 aromatic rings. The van der Waals surface area contributed by atoms with Crippen LogP contribution in [0.2, 0.25) is 0 Å². The van der Waals surface area contributed by atoms with Gasteiger partial charge >= 0.3 is 0 Å². The summed E-state index contributed by atoms with van der Waals surface area (Å²) < 4.78 is 24.9. The summed E-state index contributed by atoms with van der Waals surface area (Å²) in [6, 6.07) is 0. The molecular weight excluding hydrogens is 162 g/mol.